The van der Waals surface area contributed by atoms with Gasteiger partial charge in [-0.3, -0.25) is 4.79 Å². The maximum Gasteiger partial charge on any atom is 0.259 e. The molecule has 2 aromatic carbocycles. The molecule has 4 nitrogen and oxygen atoms in total. The maximum absolute atomic E-state index is 12.6. The summed E-state index contributed by atoms with van der Waals surface area (Å²) in [6, 6.07) is 13.5. The molecule has 1 aliphatic rings. The summed E-state index contributed by atoms with van der Waals surface area (Å²) in [6.07, 6.45) is 0. The van der Waals surface area contributed by atoms with Crippen molar-refractivity contribution in [3.63, 3.8) is 0 Å². The van der Waals surface area contributed by atoms with Gasteiger partial charge >= 0.3 is 0 Å². The maximum atomic E-state index is 12.6. The van der Waals surface area contributed by atoms with E-state index in [2.05, 4.69) is 10.6 Å². The molecule has 21 heavy (non-hydrogen) atoms. The molecule has 2 N–H and O–H groups in total. The van der Waals surface area contributed by atoms with Gasteiger partial charge in [-0.05, 0) is 18.2 Å². The highest BCUT2D eigenvalue weighted by Crippen LogP contribution is 2.42. The molecule has 1 amide bonds. The van der Waals surface area contributed by atoms with Gasteiger partial charge in [0.05, 0.1) is 24.0 Å². The number of amides is 1. The standard InChI is InChI=1S/C16H12N2O2S/c1-20-9-6-7-11-12(8-9)17-15(19)14-10-4-2-3-5-13(10)21-16(14)18-11/h2-8,18H,1H3,(H,17,19). The van der Waals surface area contributed by atoms with E-state index in [9.17, 15) is 4.79 Å². The van der Waals surface area contributed by atoms with Gasteiger partial charge < -0.3 is 15.4 Å². The second kappa shape index (κ2) is 4.49. The highest BCUT2D eigenvalue weighted by atomic mass is 32.1. The first kappa shape index (κ1) is 12.2. The predicted molar refractivity (Wildman–Crippen MR) is 86.1 cm³/mol. The monoisotopic (exact) mass is 296 g/mol. The van der Waals surface area contributed by atoms with Gasteiger partial charge in [0.2, 0.25) is 0 Å². The van der Waals surface area contributed by atoms with Crippen LogP contribution in [-0.2, 0) is 0 Å². The molecule has 0 atom stereocenters. The summed E-state index contributed by atoms with van der Waals surface area (Å²) < 4.78 is 6.31. The van der Waals surface area contributed by atoms with Crippen molar-refractivity contribution in [2.24, 2.45) is 0 Å². The van der Waals surface area contributed by atoms with Crippen LogP contribution in [0.2, 0.25) is 0 Å². The minimum atomic E-state index is -0.0954. The van der Waals surface area contributed by atoms with Gasteiger partial charge in [-0.15, -0.1) is 11.3 Å². The first-order valence-corrected chi connectivity index (χ1v) is 7.36. The van der Waals surface area contributed by atoms with Gasteiger partial charge in [0.25, 0.3) is 5.91 Å². The fourth-order valence-corrected chi connectivity index (χ4v) is 3.64. The Bertz CT molecular complexity index is 870. The number of methoxy groups -OCH3 is 1. The minimum Gasteiger partial charge on any atom is -0.497 e. The number of carbonyl (C=O) groups is 1. The van der Waals surface area contributed by atoms with Gasteiger partial charge in [-0.25, -0.2) is 0 Å². The number of hydrogen-bond donors (Lipinski definition) is 2. The Morgan fingerprint density at radius 2 is 1.90 bits per heavy atom. The molecule has 104 valence electrons. The summed E-state index contributed by atoms with van der Waals surface area (Å²) >= 11 is 1.59. The largest absolute Gasteiger partial charge is 0.497 e. The molecule has 0 saturated heterocycles. The molecular formula is C16H12N2O2S. The van der Waals surface area contributed by atoms with Gasteiger partial charge in [-0.2, -0.15) is 0 Å². The molecule has 0 fully saturated rings. The summed E-state index contributed by atoms with van der Waals surface area (Å²) in [6.45, 7) is 0. The Labute approximate surface area is 125 Å². The Morgan fingerprint density at radius 3 is 2.76 bits per heavy atom. The van der Waals surface area contributed by atoms with Gasteiger partial charge in [0.15, 0.2) is 0 Å². The number of carbonyl (C=O) groups excluding carboxylic acids is 1. The Hall–Kier alpha value is -2.53. The molecule has 0 aliphatic carbocycles. The van der Waals surface area contributed by atoms with E-state index >= 15 is 0 Å². The van der Waals surface area contributed by atoms with E-state index in [0.29, 0.717) is 11.3 Å². The normalized spacial score (nSPS) is 12.9. The van der Waals surface area contributed by atoms with Gasteiger partial charge in [-0.1, -0.05) is 18.2 Å². The number of rotatable bonds is 1. The zero-order chi connectivity index (χ0) is 14.4. The van der Waals surface area contributed by atoms with Crippen molar-refractivity contribution in [1.82, 2.24) is 0 Å². The molecule has 2 heterocycles. The van der Waals surface area contributed by atoms with E-state index in [1.165, 1.54) is 0 Å². The fraction of sp³-hybridized carbons (Fsp3) is 0.0625. The Balaban J connectivity index is 1.91. The molecule has 0 radical (unpaired) electrons. The van der Waals surface area contributed by atoms with E-state index < -0.39 is 0 Å². The van der Waals surface area contributed by atoms with E-state index in [0.717, 1.165) is 26.5 Å². The van der Waals surface area contributed by atoms with Crippen LogP contribution in [0.3, 0.4) is 0 Å². The molecule has 3 aromatic rings. The quantitative estimate of drug-likeness (QED) is 0.707. The van der Waals surface area contributed by atoms with E-state index in [1.54, 1.807) is 18.4 Å². The molecule has 1 aromatic heterocycles. The lowest BCUT2D eigenvalue weighted by Gasteiger charge is -2.09. The van der Waals surface area contributed by atoms with Crippen molar-refractivity contribution < 1.29 is 9.53 Å². The molecule has 0 bridgehead atoms. The number of fused-ring (bicyclic) bond motifs is 4. The van der Waals surface area contributed by atoms with Crippen LogP contribution >= 0.6 is 11.3 Å². The fourth-order valence-electron chi connectivity index (χ4n) is 2.53. The smallest absolute Gasteiger partial charge is 0.259 e. The molecule has 0 unspecified atom stereocenters. The highest BCUT2D eigenvalue weighted by Gasteiger charge is 2.24. The van der Waals surface area contributed by atoms with Crippen molar-refractivity contribution in [1.29, 1.82) is 0 Å². The zero-order valence-corrected chi connectivity index (χ0v) is 12.1. The lowest BCUT2D eigenvalue weighted by atomic mass is 10.1. The average Bonchev–Trinajstić information content (AvgIpc) is 2.80. The van der Waals surface area contributed by atoms with Crippen LogP contribution in [-0.4, -0.2) is 13.0 Å². The van der Waals surface area contributed by atoms with Crippen molar-refractivity contribution in [2.75, 3.05) is 17.7 Å². The molecular weight excluding hydrogens is 284 g/mol. The first-order chi connectivity index (χ1) is 10.3. The summed E-state index contributed by atoms with van der Waals surface area (Å²) in [7, 11) is 1.61. The third kappa shape index (κ3) is 1.86. The summed E-state index contributed by atoms with van der Waals surface area (Å²) in [4.78, 5) is 12.6. The second-order valence-electron chi connectivity index (χ2n) is 4.79. The summed E-state index contributed by atoms with van der Waals surface area (Å²) in [5.41, 5.74) is 2.30. The Morgan fingerprint density at radius 1 is 1.05 bits per heavy atom. The number of anilines is 3. The number of ether oxygens (including phenoxy) is 1. The van der Waals surface area contributed by atoms with Gasteiger partial charge in [0, 0.05) is 16.2 Å². The van der Waals surface area contributed by atoms with Crippen LogP contribution in [0.25, 0.3) is 10.1 Å². The van der Waals surface area contributed by atoms with E-state index in [4.69, 9.17) is 4.74 Å². The molecule has 0 spiro atoms. The third-order valence-electron chi connectivity index (χ3n) is 3.55. The zero-order valence-electron chi connectivity index (χ0n) is 11.3. The summed E-state index contributed by atoms with van der Waals surface area (Å²) in [5.74, 6) is 0.618. The van der Waals surface area contributed by atoms with E-state index in [1.807, 2.05) is 42.5 Å². The van der Waals surface area contributed by atoms with Crippen LogP contribution in [0, 0.1) is 0 Å². The average molecular weight is 296 g/mol. The van der Waals surface area contributed by atoms with Crippen LogP contribution in [0.15, 0.2) is 42.5 Å². The van der Waals surface area contributed by atoms with Crippen LogP contribution < -0.4 is 15.4 Å². The first-order valence-electron chi connectivity index (χ1n) is 6.54. The van der Waals surface area contributed by atoms with E-state index in [-0.39, 0.29) is 5.91 Å². The number of benzene rings is 2. The van der Waals surface area contributed by atoms with Crippen molar-refractivity contribution in [2.45, 2.75) is 0 Å². The Kier molecular flexibility index (Phi) is 2.62. The van der Waals surface area contributed by atoms with Gasteiger partial charge in [0.1, 0.15) is 10.8 Å². The van der Waals surface area contributed by atoms with Crippen molar-refractivity contribution >= 4 is 43.7 Å². The number of hydrogen-bond acceptors (Lipinski definition) is 4. The SMILES string of the molecule is COc1ccc2c(c1)NC(=O)c1c(sc3ccccc13)N2. The lowest BCUT2D eigenvalue weighted by molar-refractivity contribution is 0.103. The molecule has 5 heteroatoms. The lowest BCUT2D eigenvalue weighted by Crippen LogP contribution is -2.10. The van der Waals surface area contributed by atoms with Crippen LogP contribution in [0.1, 0.15) is 10.4 Å². The number of nitrogens with one attached hydrogen (secondary N) is 2. The number of thiophene rings is 1. The third-order valence-corrected chi connectivity index (χ3v) is 4.63. The van der Waals surface area contributed by atoms with Crippen LogP contribution in [0.5, 0.6) is 5.75 Å². The van der Waals surface area contributed by atoms with Crippen molar-refractivity contribution in [3.05, 3.63) is 48.0 Å². The second-order valence-corrected chi connectivity index (χ2v) is 5.85. The molecule has 4 rings (SSSR count). The molecule has 1 aliphatic heterocycles. The minimum absolute atomic E-state index is 0.0954. The van der Waals surface area contributed by atoms with Crippen molar-refractivity contribution in [3.8, 4) is 5.75 Å². The topological polar surface area (TPSA) is 50.4 Å². The van der Waals surface area contributed by atoms with Crippen LogP contribution in [0.4, 0.5) is 16.4 Å². The highest BCUT2D eigenvalue weighted by molar-refractivity contribution is 7.23. The summed E-state index contributed by atoms with van der Waals surface area (Å²) in [5, 5.41) is 8.16. The molecule has 0 saturated carbocycles. The predicted octanol–water partition coefficient (Wildman–Crippen LogP) is 4.22.